The van der Waals surface area contributed by atoms with E-state index in [4.69, 9.17) is 14.2 Å². The van der Waals surface area contributed by atoms with Crippen molar-refractivity contribution in [2.24, 2.45) is 10.9 Å². The molecule has 1 aliphatic rings. The van der Waals surface area contributed by atoms with Crippen molar-refractivity contribution in [1.29, 1.82) is 0 Å². The Morgan fingerprint density at radius 2 is 1.90 bits per heavy atom. The number of ether oxygens (including phenoxy) is 3. The number of rotatable bonds is 9. The normalized spacial score (nSPS) is 13.3. The average molecular weight is 512 g/mol. The van der Waals surface area contributed by atoms with Gasteiger partial charge in [-0.15, -0.1) is 24.0 Å². The van der Waals surface area contributed by atoms with Crippen molar-refractivity contribution in [2.45, 2.75) is 25.9 Å². The minimum absolute atomic E-state index is 0. The van der Waals surface area contributed by atoms with Crippen LogP contribution in [0.3, 0.4) is 0 Å². The Labute approximate surface area is 189 Å². The summed E-state index contributed by atoms with van der Waals surface area (Å²) in [6, 6.07) is 9.68. The largest absolute Gasteiger partial charge is 0.497 e. The molecule has 29 heavy (non-hydrogen) atoms. The van der Waals surface area contributed by atoms with Crippen molar-refractivity contribution in [3.05, 3.63) is 47.7 Å². The van der Waals surface area contributed by atoms with Crippen LogP contribution in [0.5, 0.6) is 17.4 Å². The highest BCUT2D eigenvalue weighted by Crippen LogP contribution is 2.29. The summed E-state index contributed by atoms with van der Waals surface area (Å²) in [5, 5.41) is 6.58. The van der Waals surface area contributed by atoms with Crippen LogP contribution >= 0.6 is 24.0 Å². The highest BCUT2D eigenvalue weighted by Gasteiger charge is 2.22. The molecular weight excluding hydrogens is 483 g/mol. The van der Waals surface area contributed by atoms with Gasteiger partial charge < -0.3 is 24.8 Å². The number of aliphatic imine (C=N–C) groups is 1. The molecule has 1 fully saturated rings. The van der Waals surface area contributed by atoms with Crippen molar-refractivity contribution in [1.82, 2.24) is 15.6 Å². The van der Waals surface area contributed by atoms with Gasteiger partial charge in [0.2, 0.25) is 5.88 Å². The summed E-state index contributed by atoms with van der Waals surface area (Å²) in [5.74, 6) is 3.65. The monoisotopic (exact) mass is 512 g/mol. The van der Waals surface area contributed by atoms with E-state index in [1.54, 1.807) is 21.3 Å². The predicted molar refractivity (Wildman–Crippen MR) is 124 cm³/mol. The number of nitrogens with one attached hydrogen (secondary N) is 2. The lowest BCUT2D eigenvalue weighted by Crippen LogP contribution is -2.36. The second kappa shape index (κ2) is 11.7. The van der Waals surface area contributed by atoms with E-state index in [2.05, 4.69) is 20.6 Å². The highest BCUT2D eigenvalue weighted by atomic mass is 127. The van der Waals surface area contributed by atoms with Gasteiger partial charge in [-0.1, -0.05) is 6.07 Å². The van der Waals surface area contributed by atoms with E-state index in [1.807, 2.05) is 36.5 Å². The molecule has 0 aliphatic heterocycles. The second-order valence-corrected chi connectivity index (χ2v) is 6.72. The molecule has 8 heteroatoms. The van der Waals surface area contributed by atoms with Crippen LogP contribution in [-0.4, -0.2) is 38.8 Å². The van der Waals surface area contributed by atoms with E-state index in [9.17, 15) is 0 Å². The Morgan fingerprint density at radius 1 is 1.10 bits per heavy atom. The first-order valence-electron chi connectivity index (χ1n) is 9.45. The molecule has 0 spiro atoms. The van der Waals surface area contributed by atoms with Crippen molar-refractivity contribution in [2.75, 3.05) is 27.9 Å². The third-order valence-electron chi connectivity index (χ3n) is 4.59. The smallest absolute Gasteiger partial charge is 0.213 e. The first kappa shape index (κ1) is 23.1. The summed E-state index contributed by atoms with van der Waals surface area (Å²) in [6.45, 7) is 1.98. The molecule has 2 N–H and O–H groups in total. The van der Waals surface area contributed by atoms with E-state index in [0.29, 0.717) is 24.9 Å². The summed E-state index contributed by atoms with van der Waals surface area (Å²) >= 11 is 0. The molecule has 2 aromatic rings. The maximum Gasteiger partial charge on any atom is 0.213 e. The van der Waals surface area contributed by atoms with Crippen molar-refractivity contribution >= 4 is 29.9 Å². The minimum atomic E-state index is 0. The van der Waals surface area contributed by atoms with Crippen molar-refractivity contribution in [3.8, 4) is 17.4 Å². The minimum Gasteiger partial charge on any atom is -0.497 e. The molecule has 1 aromatic carbocycles. The summed E-state index contributed by atoms with van der Waals surface area (Å²) in [4.78, 5) is 8.63. The molecule has 3 rings (SSSR count). The summed E-state index contributed by atoms with van der Waals surface area (Å²) < 4.78 is 16.3. The maximum atomic E-state index is 5.67. The number of halogens is 1. The van der Waals surface area contributed by atoms with Gasteiger partial charge in [0, 0.05) is 44.0 Å². The number of hydrogen-bond donors (Lipinski definition) is 2. The lowest BCUT2D eigenvalue weighted by Gasteiger charge is -2.14. The zero-order valence-corrected chi connectivity index (χ0v) is 19.4. The third kappa shape index (κ3) is 7.26. The Kier molecular flexibility index (Phi) is 9.30. The fourth-order valence-corrected chi connectivity index (χ4v) is 2.67. The molecular formula is C21H29IN4O3. The number of guanidine groups is 1. The molecule has 1 saturated carbocycles. The molecule has 0 amide bonds. The van der Waals surface area contributed by atoms with E-state index >= 15 is 0 Å². The van der Waals surface area contributed by atoms with Crippen LogP contribution in [0.25, 0.3) is 0 Å². The van der Waals surface area contributed by atoms with Gasteiger partial charge in [0.05, 0.1) is 20.8 Å². The Morgan fingerprint density at radius 3 is 2.52 bits per heavy atom. The maximum absolute atomic E-state index is 5.67. The van der Waals surface area contributed by atoms with E-state index in [-0.39, 0.29) is 24.0 Å². The van der Waals surface area contributed by atoms with Crippen LogP contribution in [-0.2, 0) is 13.1 Å². The zero-order chi connectivity index (χ0) is 19.8. The molecule has 0 radical (unpaired) electrons. The quantitative estimate of drug-likeness (QED) is 0.305. The van der Waals surface area contributed by atoms with Gasteiger partial charge >= 0.3 is 0 Å². The molecule has 0 bridgehead atoms. The molecule has 7 nitrogen and oxygen atoms in total. The lowest BCUT2D eigenvalue weighted by atomic mass is 10.2. The van der Waals surface area contributed by atoms with Gasteiger partial charge in [0.1, 0.15) is 11.5 Å². The first-order chi connectivity index (χ1) is 13.7. The number of aromatic nitrogens is 1. The van der Waals surface area contributed by atoms with Crippen LogP contribution in [0.2, 0.25) is 0 Å². The van der Waals surface area contributed by atoms with Crippen LogP contribution in [0.15, 0.2) is 41.5 Å². The van der Waals surface area contributed by atoms with Gasteiger partial charge in [0.25, 0.3) is 0 Å². The number of hydrogen-bond acceptors (Lipinski definition) is 5. The van der Waals surface area contributed by atoms with Gasteiger partial charge in [-0.05, 0) is 36.5 Å². The summed E-state index contributed by atoms with van der Waals surface area (Å²) in [5.41, 5.74) is 2.08. The molecule has 1 aliphatic carbocycles. The lowest BCUT2D eigenvalue weighted by molar-refractivity contribution is 0.288. The van der Waals surface area contributed by atoms with Crippen molar-refractivity contribution in [3.63, 3.8) is 0 Å². The number of pyridine rings is 1. The third-order valence-corrected chi connectivity index (χ3v) is 4.59. The number of nitrogens with zero attached hydrogens (tertiary/aromatic N) is 2. The SMILES string of the molecule is CN=C(NCc1ccc(OCC2CC2)nc1)NCc1ccc(OC)cc1OC.I. The zero-order valence-electron chi connectivity index (χ0n) is 17.1. The standard InChI is InChI=1S/C21H28N4O3.HI/c1-22-21(25-13-17-7-8-18(26-2)10-19(17)27-3)24-12-16-6-9-20(23-11-16)28-14-15-4-5-15;/h6-11,15H,4-5,12-14H2,1-3H3,(H2,22,24,25);1H. The van der Waals surface area contributed by atoms with Crippen LogP contribution < -0.4 is 24.8 Å². The Balaban J connectivity index is 0.00000300. The first-order valence-corrected chi connectivity index (χ1v) is 9.45. The van der Waals surface area contributed by atoms with Gasteiger partial charge in [-0.2, -0.15) is 0 Å². The molecule has 1 aromatic heterocycles. The molecule has 0 unspecified atom stereocenters. The van der Waals surface area contributed by atoms with Crippen LogP contribution in [0.1, 0.15) is 24.0 Å². The van der Waals surface area contributed by atoms with Gasteiger partial charge in [-0.25, -0.2) is 4.98 Å². The summed E-state index contributed by atoms with van der Waals surface area (Å²) in [6.07, 6.45) is 4.38. The fourth-order valence-electron chi connectivity index (χ4n) is 2.67. The van der Waals surface area contributed by atoms with E-state index in [0.717, 1.165) is 35.2 Å². The van der Waals surface area contributed by atoms with E-state index < -0.39 is 0 Å². The van der Waals surface area contributed by atoms with E-state index in [1.165, 1.54) is 12.8 Å². The van der Waals surface area contributed by atoms with Crippen LogP contribution in [0.4, 0.5) is 0 Å². The van der Waals surface area contributed by atoms with Crippen LogP contribution in [0, 0.1) is 5.92 Å². The summed E-state index contributed by atoms with van der Waals surface area (Å²) in [7, 11) is 5.03. The molecule has 0 saturated heterocycles. The average Bonchev–Trinajstić information content (AvgIpc) is 3.57. The topological polar surface area (TPSA) is 77.0 Å². The number of methoxy groups -OCH3 is 2. The Bertz CT molecular complexity index is 795. The van der Waals surface area contributed by atoms with Gasteiger partial charge in [-0.3, -0.25) is 4.99 Å². The molecule has 158 valence electrons. The van der Waals surface area contributed by atoms with Gasteiger partial charge in [0.15, 0.2) is 5.96 Å². The fraction of sp³-hybridized carbons (Fsp3) is 0.429. The Hall–Kier alpha value is -2.23. The van der Waals surface area contributed by atoms with Crippen molar-refractivity contribution < 1.29 is 14.2 Å². The molecule has 0 atom stereocenters. The second-order valence-electron chi connectivity index (χ2n) is 6.72. The highest BCUT2D eigenvalue weighted by molar-refractivity contribution is 14.0. The predicted octanol–water partition coefficient (Wildman–Crippen LogP) is 3.37. The molecule has 1 heterocycles. The number of benzene rings is 1.